The summed E-state index contributed by atoms with van der Waals surface area (Å²) in [7, 11) is 0. The van der Waals surface area contributed by atoms with E-state index in [0.717, 1.165) is 5.69 Å². The van der Waals surface area contributed by atoms with Gasteiger partial charge >= 0.3 is 0 Å². The fraction of sp³-hybridized carbons (Fsp3) is 0.250. The maximum absolute atomic E-state index is 5.69. The van der Waals surface area contributed by atoms with E-state index in [4.69, 9.17) is 11.6 Å². The highest BCUT2D eigenvalue weighted by molar-refractivity contribution is 6.28. The topological polar surface area (TPSA) is 50.7 Å². The van der Waals surface area contributed by atoms with E-state index >= 15 is 0 Å². The number of anilines is 2. The van der Waals surface area contributed by atoms with E-state index in [1.54, 1.807) is 0 Å². The molecule has 0 aliphatic heterocycles. The Labute approximate surface area is 105 Å². The molecule has 2 rings (SSSR count). The van der Waals surface area contributed by atoms with Gasteiger partial charge in [-0.25, -0.2) is 9.97 Å². The predicted octanol–water partition coefficient (Wildman–Crippen LogP) is 3.39. The Morgan fingerprint density at radius 2 is 2.06 bits per heavy atom. The Balaban J connectivity index is 2.21. The number of nitrogens with zero attached hydrogens (tertiary/aromatic N) is 3. The first-order chi connectivity index (χ1) is 8.15. The Kier molecular flexibility index (Phi) is 3.54. The molecule has 0 saturated heterocycles. The summed E-state index contributed by atoms with van der Waals surface area (Å²) in [6.45, 7) is 4.30. The van der Waals surface area contributed by atoms with Crippen LogP contribution < -0.4 is 5.32 Å². The smallest absolute Gasteiger partial charge is 0.231 e. The molecule has 0 radical (unpaired) electrons. The third-order valence-electron chi connectivity index (χ3n) is 2.35. The van der Waals surface area contributed by atoms with Crippen LogP contribution in [0.3, 0.4) is 0 Å². The molecule has 0 fully saturated rings. The average Bonchev–Trinajstić information content (AvgIpc) is 2.29. The second-order valence-corrected chi connectivity index (χ2v) is 4.32. The van der Waals surface area contributed by atoms with Crippen LogP contribution in [0.2, 0.25) is 5.28 Å². The molecule has 1 N–H and O–H groups in total. The molecule has 0 amide bonds. The highest BCUT2D eigenvalue weighted by Crippen LogP contribution is 2.20. The van der Waals surface area contributed by atoms with Crippen molar-refractivity contribution in [1.82, 2.24) is 15.0 Å². The van der Waals surface area contributed by atoms with Gasteiger partial charge in [0.25, 0.3) is 0 Å². The molecule has 1 heterocycles. The minimum Gasteiger partial charge on any atom is -0.324 e. The van der Waals surface area contributed by atoms with E-state index < -0.39 is 0 Å². The zero-order valence-corrected chi connectivity index (χ0v) is 10.4. The van der Waals surface area contributed by atoms with Gasteiger partial charge in [-0.3, -0.25) is 0 Å². The lowest BCUT2D eigenvalue weighted by Crippen LogP contribution is -1.98. The first-order valence-corrected chi connectivity index (χ1v) is 5.74. The van der Waals surface area contributed by atoms with Crippen LogP contribution >= 0.6 is 11.6 Å². The summed E-state index contributed by atoms with van der Waals surface area (Å²) in [5.41, 5.74) is 2.20. The molecule has 0 aliphatic rings. The lowest BCUT2D eigenvalue weighted by atomic mass is 10.0. The monoisotopic (exact) mass is 248 g/mol. The van der Waals surface area contributed by atoms with Crippen molar-refractivity contribution in [2.75, 3.05) is 5.32 Å². The molecule has 0 saturated carbocycles. The number of rotatable bonds is 3. The van der Waals surface area contributed by atoms with E-state index in [-0.39, 0.29) is 5.28 Å². The van der Waals surface area contributed by atoms with Crippen molar-refractivity contribution < 1.29 is 0 Å². The molecule has 0 bridgehead atoms. The van der Waals surface area contributed by atoms with Crippen LogP contribution in [0.25, 0.3) is 0 Å². The van der Waals surface area contributed by atoms with E-state index in [0.29, 0.717) is 11.9 Å². The van der Waals surface area contributed by atoms with Crippen LogP contribution in [0, 0.1) is 0 Å². The summed E-state index contributed by atoms with van der Waals surface area (Å²) in [6, 6.07) is 8.13. The van der Waals surface area contributed by atoms with E-state index in [1.807, 2.05) is 12.1 Å². The molecule has 1 aromatic carbocycles. The number of nitrogens with one attached hydrogen (secondary N) is 1. The normalized spacial score (nSPS) is 10.6. The Hall–Kier alpha value is -1.68. The number of hydrogen-bond donors (Lipinski definition) is 1. The van der Waals surface area contributed by atoms with Crippen LogP contribution in [-0.2, 0) is 0 Å². The van der Waals surface area contributed by atoms with Crippen molar-refractivity contribution in [1.29, 1.82) is 0 Å². The van der Waals surface area contributed by atoms with Gasteiger partial charge in [-0.05, 0) is 35.2 Å². The molecule has 1 aromatic heterocycles. The van der Waals surface area contributed by atoms with Crippen molar-refractivity contribution >= 4 is 23.2 Å². The number of halogens is 1. The van der Waals surface area contributed by atoms with Gasteiger partial charge in [0, 0.05) is 5.69 Å². The summed E-state index contributed by atoms with van der Waals surface area (Å²) in [5.74, 6) is 0.935. The number of aromatic nitrogens is 3. The maximum atomic E-state index is 5.69. The van der Waals surface area contributed by atoms with Crippen LogP contribution in [0.15, 0.2) is 30.6 Å². The summed E-state index contributed by atoms with van der Waals surface area (Å²) in [5, 5.41) is 3.28. The molecular weight excluding hydrogens is 236 g/mol. The van der Waals surface area contributed by atoms with Gasteiger partial charge in [-0.1, -0.05) is 26.0 Å². The first-order valence-electron chi connectivity index (χ1n) is 5.36. The summed E-state index contributed by atoms with van der Waals surface area (Å²) >= 11 is 5.69. The standard InChI is InChI=1S/C12H13ClN4/c1-8(2)9-4-3-5-10(6-9)16-12-15-7-14-11(13)17-12/h3-8H,1-2H3,(H,14,15,16,17). The van der Waals surface area contributed by atoms with E-state index in [9.17, 15) is 0 Å². The van der Waals surface area contributed by atoms with Gasteiger partial charge < -0.3 is 5.32 Å². The quantitative estimate of drug-likeness (QED) is 0.905. The molecule has 2 aromatic rings. The Bertz CT molecular complexity index is 513. The SMILES string of the molecule is CC(C)c1cccc(Nc2ncnc(Cl)n2)c1. The molecule has 0 spiro atoms. The fourth-order valence-electron chi connectivity index (χ4n) is 1.44. The predicted molar refractivity (Wildman–Crippen MR) is 68.7 cm³/mol. The summed E-state index contributed by atoms with van der Waals surface area (Å²) in [4.78, 5) is 11.7. The lowest BCUT2D eigenvalue weighted by Gasteiger charge is -2.09. The van der Waals surface area contributed by atoms with E-state index in [1.165, 1.54) is 11.9 Å². The largest absolute Gasteiger partial charge is 0.324 e. The lowest BCUT2D eigenvalue weighted by molar-refractivity contribution is 0.867. The molecule has 17 heavy (non-hydrogen) atoms. The molecule has 0 unspecified atom stereocenters. The first kappa shape index (κ1) is 11.8. The van der Waals surface area contributed by atoms with Gasteiger partial charge in [0.05, 0.1) is 0 Å². The fourth-order valence-corrected chi connectivity index (χ4v) is 1.56. The highest BCUT2D eigenvalue weighted by atomic mass is 35.5. The van der Waals surface area contributed by atoms with Crippen molar-refractivity contribution in [3.63, 3.8) is 0 Å². The van der Waals surface area contributed by atoms with Crippen molar-refractivity contribution in [3.05, 3.63) is 41.4 Å². The Morgan fingerprint density at radius 3 is 2.76 bits per heavy atom. The molecule has 5 heteroatoms. The summed E-state index contributed by atoms with van der Waals surface area (Å²) < 4.78 is 0. The molecule has 0 atom stereocenters. The highest BCUT2D eigenvalue weighted by Gasteiger charge is 2.02. The van der Waals surface area contributed by atoms with Gasteiger partial charge in [0.2, 0.25) is 11.2 Å². The van der Waals surface area contributed by atoms with Gasteiger partial charge in [0.1, 0.15) is 6.33 Å². The van der Waals surface area contributed by atoms with Gasteiger partial charge in [0.15, 0.2) is 0 Å². The Morgan fingerprint density at radius 1 is 1.24 bits per heavy atom. The third-order valence-corrected chi connectivity index (χ3v) is 2.53. The molecule has 88 valence electrons. The van der Waals surface area contributed by atoms with Crippen molar-refractivity contribution in [2.24, 2.45) is 0 Å². The maximum Gasteiger partial charge on any atom is 0.231 e. The van der Waals surface area contributed by atoms with Gasteiger partial charge in [-0.15, -0.1) is 0 Å². The van der Waals surface area contributed by atoms with E-state index in [2.05, 4.69) is 46.2 Å². The van der Waals surface area contributed by atoms with Crippen LogP contribution in [0.1, 0.15) is 25.3 Å². The molecule has 0 aliphatic carbocycles. The van der Waals surface area contributed by atoms with Gasteiger partial charge in [-0.2, -0.15) is 4.98 Å². The third kappa shape index (κ3) is 3.14. The second kappa shape index (κ2) is 5.10. The second-order valence-electron chi connectivity index (χ2n) is 3.98. The molecule has 4 nitrogen and oxygen atoms in total. The average molecular weight is 249 g/mol. The van der Waals surface area contributed by atoms with Crippen LogP contribution in [0.4, 0.5) is 11.6 Å². The number of hydrogen-bond acceptors (Lipinski definition) is 4. The zero-order valence-electron chi connectivity index (χ0n) is 9.68. The van der Waals surface area contributed by atoms with Crippen LogP contribution in [-0.4, -0.2) is 15.0 Å². The minimum atomic E-state index is 0.183. The minimum absolute atomic E-state index is 0.183. The van der Waals surface area contributed by atoms with Crippen LogP contribution in [0.5, 0.6) is 0 Å². The summed E-state index contributed by atoms with van der Waals surface area (Å²) in [6.07, 6.45) is 1.38. The van der Waals surface area contributed by atoms with Crippen molar-refractivity contribution in [2.45, 2.75) is 19.8 Å². The zero-order chi connectivity index (χ0) is 12.3. The van der Waals surface area contributed by atoms with Crippen molar-refractivity contribution in [3.8, 4) is 0 Å². The molecular formula is C12H13ClN4. The number of benzene rings is 1.